The summed E-state index contributed by atoms with van der Waals surface area (Å²) in [7, 11) is 1.52. The highest BCUT2D eigenvalue weighted by Gasteiger charge is 2.40. The van der Waals surface area contributed by atoms with Crippen LogP contribution in [0.2, 0.25) is 0 Å². The van der Waals surface area contributed by atoms with Gasteiger partial charge >= 0.3 is 0 Å². The van der Waals surface area contributed by atoms with Gasteiger partial charge in [0.15, 0.2) is 0 Å². The molecule has 7 heteroatoms. The van der Waals surface area contributed by atoms with Gasteiger partial charge in [-0.3, -0.25) is 14.4 Å². The number of benzene rings is 2. The fraction of sp³-hybridized carbons (Fsp3) is 0.211. The van der Waals surface area contributed by atoms with E-state index in [1.165, 1.54) is 18.9 Å². The number of anilines is 2. The zero-order valence-corrected chi connectivity index (χ0v) is 15.0. The topological polar surface area (TPSA) is 75.7 Å². The van der Waals surface area contributed by atoms with E-state index < -0.39 is 5.25 Å². The second-order valence-corrected chi connectivity index (χ2v) is 6.88. The lowest BCUT2D eigenvalue weighted by Crippen LogP contribution is -2.31. The second kappa shape index (κ2) is 8.05. The Morgan fingerprint density at radius 2 is 1.96 bits per heavy atom. The molecule has 1 aliphatic rings. The van der Waals surface area contributed by atoms with E-state index in [-0.39, 0.29) is 29.9 Å². The van der Waals surface area contributed by atoms with Gasteiger partial charge in [-0.2, -0.15) is 0 Å². The van der Waals surface area contributed by atoms with Crippen LogP contribution in [0.3, 0.4) is 0 Å². The molecular weight excluding hydrogens is 352 g/mol. The first-order chi connectivity index (χ1) is 12.6. The summed E-state index contributed by atoms with van der Waals surface area (Å²) in [6.45, 7) is 0. The van der Waals surface area contributed by atoms with Gasteiger partial charge in [0.25, 0.3) is 0 Å². The first kappa shape index (κ1) is 18.0. The van der Waals surface area contributed by atoms with Crippen LogP contribution in [0.5, 0.6) is 5.75 Å². The summed E-state index contributed by atoms with van der Waals surface area (Å²) in [5.74, 6) is -0.113. The van der Waals surface area contributed by atoms with Crippen LogP contribution >= 0.6 is 11.8 Å². The zero-order chi connectivity index (χ0) is 18.5. The van der Waals surface area contributed by atoms with E-state index in [9.17, 15) is 14.4 Å². The Morgan fingerprint density at radius 3 is 2.69 bits per heavy atom. The van der Waals surface area contributed by atoms with Gasteiger partial charge in [-0.05, 0) is 24.3 Å². The van der Waals surface area contributed by atoms with Crippen LogP contribution in [-0.4, -0.2) is 35.8 Å². The van der Waals surface area contributed by atoms with Crippen molar-refractivity contribution in [2.45, 2.75) is 11.7 Å². The van der Waals surface area contributed by atoms with Crippen molar-refractivity contribution in [3.63, 3.8) is 0 Å². The number of methoxy groups -OCH3 is 1. The van der Waals surface area contributed by atoms with Crippen molar-refractivity contribution in [3.8, 4) is 5.75 Å². The number of hydrogen-bond donors (Lipinski definition) is 1. The molecule has 134 valence electrons. The van der Waals surface area contributed by atoms with Gasteiger partial charge in [0.1, 0.15) is 5.75 Å². The van der Waals surface area contributed by atoms with Gasteiger partial charge in [-0.25, -0.2) is 4.90 Å². The molecule has 1 N–H and O–H groups in total. The molecule has 0 aromatic heterocycles. The van der Waals surface area contributed by atoms with Crippen LogP contribution < -0.4 is 15.0 Å². The molecule has 2 aromatic carbocycles. The number of nitrogens with zero attached hydrogens (tertiary/aromatic N) is 1. The lowest BCUT2D eigenvalue weighted by Gasteiger charge is -2.15. The Kier molecular flexibility index (Phi) is 5.58. The van der Waals surface area contributed by atoms with E-state index in [1.807, 2.05) is 18.2 Å². The maximum atomic E-state index is 12.6. The zero-order valence-electron chi connectivity index (χ0n) is 14.2. The molecule has 2 aromatic rings. The number of thioether (sulfide) groups is 1. The molecule has 3 rings (SSSR count). The minimum absolute atomic E-state index is 0.0827. The fourth-order valence-electron chi connectivity index (χ4n) is 2.65. The van der Waals surface area contributed by atoms with Gasteiger partial charge < -0.3 is 10.1 Å². The Morgan fingerprint density at radius 1 is 1.19 bits per heavy atom. The fourth-order valence-corrected chi connectivity index (χ4v) is 3.58. The lowest BCUT2D eigenvalue weighted by atomic mass is 10.3. The van der Waals surface area contributed by atoms with Crippen molar-refractivity contribution in [3.05, 3.63) is 54.6 Å². The summed E-state index contributed by atoms with van der Waals surface area (Å²) in [5.41, 5.74) is 1.18. The highest BCUT2D eigenvalue weighted by Crippen LogP contribution is 2.31. The monoisotopic (exact) mass is 370 g/mol. The third-order valence-corrected chi connectivity index (χ3v) is 5.09. The smallest absolute Gasteiger partial charge is 0.247 e. The summed E-state index contributed by atoms with van der Waals surface area (Å²) in [4.78, 5) is 38.1. The summed E-state index contributed by atoms with van der Waals surface area (Å²) < 4.78 is 5.14. The summed E-state index contributed by atoms with van der Waals surface area (Å²) in [6.07, 6.45) is 0.0827. The summed E-state index contributed by atoms with van der Waals surface area (Å²) >= 11 is 1.18. The van der Waals surface area contributed by atoms with Crippen LogP contribution in [0.4, 0.5) is 11.4 Å². The number of imide groups is 1. The van der Waals surface area contributed by atoms with Crippen molar-refractivity contribution in [1.82, 2.24) is 0 Å². The van der Waals surface area contributed by atoms with Crippen LogP contribution in [-0.2, 0) is 14.4 Å². The van der Waals surface area contributed by atoms with Crippen LogP contribution in [0, 0.1) is 0 Å². The number of nitrogens with one attached hydrogen (secondary N) is 1. The minimum atomic E-state index is -0.560. The molecule has 1 heterocycles. The third kappa shape index (κ3) is 4.05. The van der Waals surface area contributed by atoms with E-state index in [1.54, 1.807) is 36.4 Å². The SMILES string of the molecule is COc1cccc(N2C(=O)CC(SCC(=O)Nc3ccccc3)C2=O)c1. The van der Waals surface area contributed by atoms with E-state index in [4.69, 9.17) is 4.74 Å². The number of hydrogen-bond acceptors (Lipinski definition) is 5. The highest BCUT2D eigenvalue weighted by molar-refractivity contribution is 8.01. The Labute approximate surface area is 155 Å². The maximum absolute atomic E-state index is 12.6. The molecule has 0 spiro atoms. The van der Waals surface area contributed by atoms with Gasteiger partial charge in [0, 0.05) is 18.2 Å². The Bertz CT molecular complexity index is 825. The number of rotatable bonds is 6. The summed E-state index contributed by atoms with van der Waals surface area (Å²) in [6, 6.07) is 15.9. The number of ether oxygens (including phenoxy) is 1. The van der Waals surface area contributed by atoms with Crippen LogP contribution in [0.25, 0.3) is 0 Å². The number of amides is 3. The molecule has 1 unspecified atom stereocenters. The van der Waals surface area contributed by atoms with Gasteiger partial charge in [-0.1, -0.05) is 24.3 Å². The van der Waals surface area contributed by atoms with Gasteiger partial charge in [0.05, 0.1) is 23.8 Å². The molecular formula is C19H18N2O4S. The van der Waals surface area contributed by atoms with Crippen molar-refractivity contribution >= 4 is 40.9 Å². The van der Waals surface area contributed by atoms with Crippen LogP contribution in [0.1, 0.15) is 6.42 Å². The largest absolute Gasteiger partial charge is 0.497 e. The highest BCUT2D eigenvalue weighted by atomic mass is 32.2. The minimum Gasteiger partial charge on any atom is -0.497 e. The van der Waals surface area contributed by atoms with E-state index in [0.29, 0.717) is 17.1 Å². The molecule has 0 saturated carbocycles. The quantitative estimate of drug-likeness (QED) is 0.792. The predicted molar refractivity (Wildman–Crippen MR) is 101 cm³/mol. The molecule has 6 nitrogen and oxygen atoms in total. The molecule has 1 aliphatic heterocycles. The summed E-state index contributed by atoms with van der Waals surface area (Å²) in [5, 5.41) is 2.20. The molecule has 1 atom stereocenters. The second-order valence-electron chi connectivity index (χ2n) is 5.69. The average Bonchev–Trinajstić information content (AvgIpc) is 2.94. The van der Waals surface area contributed by atoms with Crippen molar-refractivity contribution in [2.75, 3.05) is 23.1 Å². The van der Waals surface area contributed by atoms with Gasteiger partial charge in [-0.15, -0.1) is 11.8 Å². The number of carbonyl (C=O) groups excluding carboxylic acids is 3. The number of para-hydroxylation sites is 1. The van der Waals surface area contributed by atoms with E-state index in [0.717, 1.165) is 4.90 Å². The first-order valence-electron chi connectivity index (χ1n) is 8.06. The van der Waals surface area contributed by atoms with Crippen molar-refractivity contribution < 1.29 is 19.1 Å². The third-order valence-electron chi connectivity index (χ3n) is 3.89. The first-order valence-corrected chi connectivity index (χ1v) is 9.10. The number of carbonyl (C=O) groups is 3. The molecule has 0 bridgehead atoms. The molecule has 1 saturated heterocycles. The van der Waals surface area contributed by atoms with Gasteiger partial charge in [0.2, 0.25) is 17.7 Å². The van der Waals surface area contributed by atoms with E-state index in [2.05, 4.69) is 5.32 Å². The van der Waals surface area contributed by atoms with Crippen molar-refractivity contribution in [2.24, 2.45) is 0 Å². The molecule has 0 radical (unpaired) electrons. The normalized spacial score (nSPS) is 16.7. The Balaban J connectivity index is 1.61. The average molecular weight is 370 g/mol. The lowest BCUT2D eigenvalue weighted by molar-refractivity contribution is -0.121. The van der Waals surface area contributed by atoms with E-state index >= 15 is 0 Å². The van der Waals surface area contributed by atoms with Crippen molar-refractivity contribution in [1.29, 1.82) is 0 Å². The predicted octanol–water partition coefficient (Wildman–Crippen LogP) is 2.70. The standard InChI is InChI=1S/C19H18N2O4S/c1-25-15-9-5-8-14(10-15)21-18(23)11-16(19(21)24)26-12-17(22)20-13-6-3-2-4-7-13/h2-10,16H,11-12H2,1H3,(H,20,22). The maximum Gasteiger partial charge on any atom is 0.247 e. The molecule has 1 fully saturated rings. The van der Waals surface area contributed by atoms with Crippen LogP contribution in [0.15, 0.2) is 54.6 Å². The molecule has 26 heavy (non-hydrogen) atoms. The molecule has 0 aliphatic carbocycles. The Hall–Kier alpha value is -2.80. The molecule has 3 amide bonds.